The molecule has 0 aliphatic rings. The minimum absolute atomic E-state index is 0.0369. The van der Waals surface area contributed by atoms with Gasteiger partial charge < -0.3 is 10.6 Å². The van der Waals surface area contributed by atoms with Gasteiger partial charge in [0.2, 0.25) is 5.91 Å². The molecule has 0 aliphatic carbocycles. The van der Waals surface area contributed by atoms with Crippen molar-refractivity contribution in [3.05, 3.63) is 32.4 Å². The standard InChI is InChI=1S/C12H15N3OS2/c1-8-7-18-12(14-8)6-13-5-11-10(3-4-17-11)15-9(2)16/h3-4,7,13H,5-6H2,1-2H3,(H,15,16). The van der Waals surface area contributed by atoms with Crippen LogP contribution in [0, 0.1) is 6.92 Å². The van der Waals surface area contributed by atoms with Gasteiger partial charge in [-0.2, -0.15) is 0 Å². The molecule has 0 radical (unpaired) electrons. The molecule has 0 fully saturated rings. The van der Waals surface area contributed by atoms with Crippen LogP contribution in [0.3, 0.4) is 0 Å². The maximum atomic E-state index is 11.0. The van der Waals surface area contributed by atoms with E-state index in [9.17, 15) is 4.79 Å². The van der Waals surface area contributed by atoms with Crippen LogP contribution >= 0.6 is 22.7 Å². The van der Waals surface area contributed by atoms with Crippen LogP contribution in [0.15, 0.2) is 16.8 Å². The van der Waals surface area contributed by atoms with E-state index in [4.69, 9.17) is 0 Å². The number of hydrogen-bond donors (Lipinski definition) is 2. The van der Waals surface area contributed by atoms with Crippen molar-refractivity contribution < 1.29 is 4.79 Å². The van der Waals surface area contributed by atoms with Crippen molar-refractivity contribution in [2.45, 2.75) is 26.9 Å². The highest BCUT2D eigenvalue weighted by molar-refractivity contribution is 7.10. The first kappa shape index (κ1) is 13.2. The van der Waals surface area contributed by atoms with Gasteiger partial charge in [-0.05, 0) is 18.4 Å². The van der Waals surface area contributed by atoms with Crippen molar-refractivity contribution in [1.82, 2.24) is 10.3 Å². The molecule has 0 aliphatic heterocycles. The number of amides is 1. The monoisotopic (exact) mass is 281 g/mol. The van der Waals surface area contributed by atoms with Crippen LogP contribution in [0.25, 0.3) is 0 Å². The lowest BCUT2D eigenvalue weighted by Gasteiger charge is -2.05. The number of hydrogen-bond acceptors (Lipinski definition) is 5. The van der Waals surface area contributed by atoms with Crippen LogP contribution < -0.4 is 10.6 Å². The van der Waals surface area contributed by atoms with Crippen LogP contribution in [0.1, 0.15) is 22.5 Å². The zero-order valence-corrected chi connectivity index (χ0v) is 12.0. The van der Waals surface area contributed by atoms with Gasteiger partial charge in [0.05, 0.1) is 5.69 Å². The number of nitrogens with zero attached hydrogens (tertiary/aromatic N) is 1. The Morgan fingerprint density at radius 1 is 1.39 bits per heavy atom. The van der Waals surface area contributed by atoms with Crippen molar-refractivity contribution >= 4 is 34.3 Å². The first-order valence-electron chi connectivity index (χ1n) is 5.61. The van der Waals surface area contributed by atoms with Crippen molar-refractivity contribution in [3.63, 3.8) is 0 Å². The van der Waals surface area contributed by atoms with E-state index >= 15 is 0 Å². The first-order chi connectivity index (χ1) is 8.65. The van der Waals surface area contributed by atoms with E-state index in [1.54, 1.807) is 22.7 Å². The van der Waals surface area contributed by atoms with E-state index in [1.165, 1.54) is 6.92 Å². The minimum atomic E-state index is -0.0369. The summed E-state index contributed by atoms with van der Waals surface area (Å²) in [6.07, 6.45) is 0. The quantitative estimate of drug-likeness (QED) is 0.886. The minimum Gasteiger partial charge on any atom is -0.325 e. The Bertz CT molecular complexity index is 533. The van der Waals surface area contributed by atoms with E-state index in [0.29, 0.717) is 0 Å². The number of thiazole rings is 1. The molecular weight excluding hydrogens is 266 g/mol. The lowest BCUT2D eigenvalue weighted by molar-refractivity contribution is -0.114. The molecule has 0 unspecified atom stereocenters. The zero-order valence-electron chi connectivity index (χ0n) is 10.3. The summed E-state index contributed by atoms with van der Waals surface area (Å²) in [5, 5.41) is 11.3. The van der Waals surface area contributed by atoms with Gasteiger partial charge in [0.15, 0.2) is 0 Å². The molecule has 2 N–H and O–H groups in total. The van der Waals surface area contributed by atoms with Gasteiger partial charge in [0.25, 0.3) is 0 Å². The maximum absolute atomic E-state index is 11.0. The van der Waals surface area contributed by atoms with Crippen LogP contribution in [0.5, 0.6) is 0 Å². The van der Waals surface area contributed by atoms with Crippen LogP contribution in [0.4, 0.5) is 5.69 Å². The van der Waals surface area contributed by atoms with E-state index in [0.717, 1.165) is 34.4 Å². The Kier molecular flexibility index (Phi) is 4.46. The Hall–Kier alpha value is -1.24. The average Bonchev–Trinajstić information content (AvgIpc) is 2.88. The van der Waals surface area contributed by atoms with Crippen LogP contribution in [-0.4, -0.2) is 10.9 Å². The first-order valence-corrected chi connectivity index (χ1v) is 7.37. The summed E-state index contributed by atoms with van der Waals surface area (Å²) < 4.78 is 0. The molecular formula is C12H15N3OS2. The Morgan fingerprint density at radius 2 is 2.22 bits per heavy atom. The number of aromatic nitrogens is 1. The molecule has 18 heavy (non-hydrogen) atoms. The predicted octanol–water partition coefficient (Wildman–Crippen LogP) is 2.76. The number of carbonyl (C=O) groups excluding carboxylic acids is 1. The fourth-order valence-electron chi connectivity index (χ4n) is 1.55. The molecule has 2 rings (SSSR count). The lowest BCUT2D eigenvalue weighted by atomic mass is 10.3. The van der Waals surface area contributed by atoms with Crippen molar-refractivity contribution in [3.8, 4) is 0 Å². The van der Waals surface area contributed by atoms with Crippen LogP contribution in [0.2, 0.25) is 0 Å². The normalized spacial score (nSPS) is 10.6. The Morgan fingerprint density at radius 3 is 2.89 bits per heavy atom. The molecule has 96 valence electrons. The molecule has 0 atom stereocenters. The molecule has 2 aromatic heterocycles. The molecule has 0 saturated carbocycles. The number of rotatable bonds is 5. The fourth-order valence-corrected chi connectivity index (χ4v) is 3.09. The Balaban J connectivity index is 1.86. The molecule has 0 saturated heterocycles. The van der Waals surface area contributed by atoms with Gasteiger partial charge in [0.1, 0.15) is 5.01 Å². The third-order valence-electron chi connectivity index (χ3n) is 2.28. The van der Waals surface area contributed by atoms with Gasteiger partial charge in [-0.1, -0.05) is 0 Å². The van der Waals surface area contributed by atoms with Gasteiger partial charge in [-0.3, -0.25) is 4.79 Å². The maximum Gasteiger partial charge on any atom is 0.221 e. The number of carbonyl (C=O) groups is 1. The van der Waals surface area contributed by atoms with E-state index < -0.39 is 0 Å². The summed E-state index contributed by atoms with van der Waals surface area (Å²) in [5.74, 6) is -0.0369. The van der Waals surface area contributed by atoms with Gasteiger partial charge >= 0.3 is 0 Å². The molecule has 0 aromatic carbocycles. The largest absolute Gasteiger partial charge is 0.325 e. The van der Waals surface area contributed by atoms with Crippen molar-refractivity contribution in [2.24, 2.45) is 0 Å². The topological polar surface area (TPSA) is 54.0 Å². The van der Waals surface area contributed by atoms with Gasteiger partial charge in [0, 0.05) is 36.0 Å². The Labute approximate surface area is 114 Å². The number of thiophene rings is 1. The van der Waals surface area contributed by atoms with Crippen molar-refractivity contribution in [1.29, 1.82) is 0 Å². The summed E-state index contributed by atoms with van der Waals surface area (Å²) in [6, 6.07) is 1.93. The third kappa shape index (κ3) is 3.63. The van der Waals surface area contributed by atoms with E-state index in [-0.39, 0.29) is 5.91 Å². The molecule has 2 heterocycles. The highest BCUT2D eigenvalue weighted by atomic mass is 32.1. The highest BCUT2D eigenvalue weighted by Crippen LogP contribution is 2.22. The molecule has 2 aromatic rings. The van der Waals surface area contributed by atoms with Crippen molar-refractivity contribution in [2.75, 3.05) is 5.32 Å². The molecule has 4 nitrogen and oxygen atoms in total. The average molecular weight is 281 g/mol. The summed E-state index contributed by atoms with van der Waals surface area (Å²) in [7, 11) is 0. The summed E-state index contributed by atoms with van der Waals surface area (Å²) >= 11 is 3.30. The third-order valence-corrected chi connectivity index (χ3v) is 4.17. The fraction of sp³-hybridized carbons (Fsp3) is 0.333. The number of aryl methyl sites for hydroxylation is 1. The number of anilines is 1. The second-order valence-electron chi connectivity index (χ2n) is 3.92. The summed E-state index contributed by atoms with van der Waals surface area (Å²) in [4.78, 5) is 16.6. The van der Waals surface area contributed by atoms with E-state index in [1.807, 2.05) is 23.8 Å². The van der Waals surface area contributed by atoms with Gasteiger partial charge in [-0.15, -0.1) is 22.7 Å². The molecule has 1 amide bonds. The number of nitrogens with one attached hydrogen (secondary N) is 2. The second-order valence-corrected chi connectivity index (χ2v) is 5.87. The lowest BCUT2D eigenvalue weighted by Crippen LogP contribution is -2.14. The highest BCUT2D eigenvalue weighted by Gasteiger charge is 2.05. The zero-order chi connectivity index (χ0) is 13.0. The molecule has 6 heteroatoms. The van der Waals surface area contributed by atoms with Crippen LogP contribution in [-0.2, 0) is 17.9 Å². The summed E-state index contributed by atoms with van der Waals surface area (Å²) in [5.41, 5.74) is 1.96. The summed E-state index contributed by atoms with van der Waals surface area (Å²) in [6.45, 7) is 5.02. The smallest absolute Gasteiger partial charge is 0.221 e. The van der Waals surface area contributed by atoms with E-state index in [2.05, 4.69) is 15.6 Å². The molecule has 0 bridgehead atoms. The SMILES string of the molecule is CC(=O)Nc1ccsc1CNCc1nc(C)cs1. The van der Waals surface area contributed by atoms with Gasteiger partial charge in [-0.25, -0.2) is 4.98 Å². The second kappa shape index (κ2) is 6.08. The predicted molar refractivity (Wildman–Crippen MR) is 76.0 cm³/mol. The molecule has 0 spiro atoms.